The van der Waals surface area contributed by atoms with Crippen LogP contribution in [0, 0.1) is 5.92 Å². The molecule has 0 unspecified atom stereocenters. The highest BCUT2D eigenvalue weighted by Gasteiger charge is 2.20. The molecule has 0 N–H and O–H groups in total. The quantitative estimate of drug-likeness (QED) is 0.824. The SMILES string of the molecule is CC(C)[C@H](CC(=O)n1cccn1)c1ccccc1. The Morgan fingerprint density at radius 1 is 1.22 bits per heavy atom. The molecule has 1 aromatic carbocycles. The van der Waals surface area contributed by atoms with E-state index in [9.17, 15) is 4.79 Å². The first-order chi connectivity index (χ1) is 8.68. The minimum atomic E-state index is 0.0440. The second-order valence-electron chi connectivity index (χ2n) is 4.81. The van der Waals surface area contributed by atoms with Crippen molar-refractivity contribution >= 4 is 5.91 Å². The highest BCUT2D eigenvalue weighted by atomic mass is 16.2. The van der Waals surface area contributed by atoms with E-state index in [1.54, 1.807) is 18.5 Å². The third-order valence-corrected chi connectivity index (χ3v) is 3.19. The lowest BCUT2D eigenvalue weighted by atomic mass is 9.85. The van der Waals surface area contributed by atoms with E-state index in [0.29, 0.717) is 12.3 Å². The van der Waals surface area contributed by atoms with E-state index >= 15 is 0 Å². The first-order valence-electron chi connectivity index (χ1n) is 6.26. The van der Waals surface area contributed by atoms with Crippen molar-refractivity contribution < 1.29 is 4.79 Å². The van der Waals surface area contributed by atoms with Crippen LogP contribution in [-0.4, -0.2) is 15.7 Å². The Hall–Kier alpha value is -1.90. The van der Waals surface area contributed by atoms with Crippen LogP contribution >= 0.6 is 0 Å². The van der Waals surface area contributed by atoms with Crippen molar-refractivity contribution in [2.24, 2.45) is 5.92 Å². The highest BCUT2D eigenvalue weighted by Crippen LogP contribution is 2.28. The van der Waals surface area contributed by atoms with Gasteiger partial charge >= 0.3 is 0 Å². The van der Waals surface area contributed by atoms with Gasteiger partial charge in [-0.25, -0.2) is 4.68 Å². The molecular formula is C15H18N2O. The Labute approximate surface area is 107 Å². The fourth-order valence-electron chi connectivity index (χ4n) is 2.14. The Balaban J connectivity index is 2.15. The number of hydrogen-bond donors (Lipinski definition) is 0. The minimum Gasteiger partial charge on any atom is -0.273 e. The molecule has 0 fully saturated rings. The van der Waals surface area contributed by atoms with Gasteiger partial charge in [-0.05, 0) is 23.5 Å². The number of carbonyl (C=O) groups excluding carboxylic acids is 1. The Bertz CT molecular complexity index is 488. The van der Waals surface area contributed by atoms with Crippen molar-refractivity contribution in [2.45, 2.75) is 26.2 Å². The second kappa shape index (κ2) is 5.63. The molecule has 1 heterocycles. The predicted octanol–water partition coefficient (Wildman–Crippen LogP) is 3.35. The maximum Gasteiger partial charge on any atom is 0.247 e. The van der Waals surface area contributed by atoms with Gasteiger partial charge in [0.05, 0.1) is 0 Å². The lowest BCUT2D eigenvalue weighted by molar-refractivity contribution is 0.0869. The van der Waals surface area contributed by atoms with Crippen LogP contribution in [0.4, 0.5) is 0 Å². The van der Waals surface area contributed by atoms with Gasteiger partial charge in [-0.1, -0.05) is 44.2 Å². The third-order valence-electron chi connectivity index (χ3n) is 3.19. The largest absolute Gasteiger partial charge is 0.273 e. The molecule has 2 aromatic rings. The molecule has 0 radical (unpaired) electrons. The zero-order valence-electron chi connectivity index (χ0n) is 10.8. The molecule has 2 rings (SSSR count). The summed E-state index contributed by atoms with van der Waals surface area (Å²) in [7, 11) is 0. The summed E-state index contributed by atoms with van der Waals surface area (Å²) < 4.78 is 1.42. The van der Waals surface area contributed by atoms with Crippen LogP contribution in [-0.2, 0) is 0 Å². The first-order valence-corrected chi connectivity index (χ1v) is 6.26. The summed E-state index contributed by atoms with van der Waals surface area (Å²) in [5.41, 5.74) is 1.22. The maximum absolute atomic E-state index is 12.1. The Morgan fingerprint density at radius 3 is 2.50 bits per heavy atom. The van der Waals surface area contributed by atoms with Gasteiger partial charge in [0.1, 0.15) is 0 Å². The van der Waals surface area contributed by atoms with E-state index in [-0.39, 0.29) is 11.8 Å². The van der Waals surface area contributed by atoms with E-state index in [0.717, 1.165) is 0 Å². The maximum atomic E-state index is 12.1. The minimum absolute atomic E-state index is 0.0440. The zero-order chi connectivity index (χ0) is 13.0. The summed E-state index contributed by atoms with van der Waals surface area (Å²) in [6.07, 6.45) is 3.82. The molecule has 1 atom stereocenters. The van der Waals surface area contributed by atoms with E-state index in [2.05, 4.69) is 31.1 Å². The van der Waals surface area contributed by atoms with Crippen LogP contribution in [0.1, 0.15) is 36.5 Å². The molecule has 0 aliphatic heterocycles. The normalized spacial score (nSPS) is 12.6. The van der Waals surface area contributed by atoms with Crippen LogP contribution in [0.25, 0.3) is 0 Å². The number of benzene rings is 1. The van der Waals surface area contributed by atoms with Crippen molar-refractivity contribution in [3.63, 3.8) is 0 Å². The zero-order valence-corrected chi connectivity index (χ0v) is 10.8. The molecule has 3 nitrogen and oxygen atoms in total. The first kappa shape index (κ1) is 12.6. The standard InChI is InChI=1S/C15H18N2O/c1-12(2)14(13-7-4-3-5-8-13)11-15(18)17-10-6-9-16-17/h3-10,12,14H,11H2,1-2H3/t14-/m0/s1. The molecule has 0 spiro atoms. The van der Waals surface area contributed by atoms with Crippen molar-refractivity contribution in [2.75, 3.05) is 0 Å². The average molecular weight is 242 g/mol. The Kier molecular flexibility index (Phi) is 3.92. The van der Waals surface area contributed by atoms with E-state index in [1.165, 1.54) is 10.2 Å². The molecule has 0 saturated heterocycles. The van der Waals surface area contributed by atoms with Gasteiger partial charge in [0.2, 0.25) is 5.91 Å². The summed E-state index contributed by atoms with van der Waals surface area (Å²) >= 11 is 0. The Morgan fingerprint density at radius 2 is 1.94 bits per heavy atom. The second-order valence-corrected chi connectivity index (χ2v) is 4.81. The molecule has 0 aliphatic carbocycles. The number of aromatic nitrogens is 2. The van der Waals surface area contributed by atoms with Gasteiger partial charge in [0.15, 0.2) is 0 Å². The lowest BCUT2D eigenvalue weighted by Crippen LogP contribution is -2.18. The molecule has 0 amide bonds. The lowest BCUT2D eigenvalue weighted by Gasteiger charge is -2.20. The van der Waals surface area contributed by atoms with Crippen LogP contribution in [0.3, 0.4) is 0 Å². The third kappa shape index (κ3) is 2.86. The highest BCUT2D eigenvalue weighted by molar-refractivity contribution is 5.78. The van der Waals surface area contributed by atoms with Gasteiger partial charge in [0.25, 0.3) is 0 Å². The van der Waals surface area contributed by atoms with E-state index < -0.39 is 0 Å². The van der Waals surface area contributed by atoms with Gasteiger partial charge in [-0.2, -0.15) is 5.10 Å². The van der Waals surface area contributed by atoms with Crippen LogP contribution in [0.2, 0.25) is 0 Å². The molecule has 0 saturated carbocycles. The van der Waals surface area contributed by atoms with Crippen LogP contribution < -0.4 is 0 Å². The van der Waals surface area contributed by atoms with Gasteiger partial charge in [-0.15, -0.1) is 0 Å². The fourth-order valence-corrected chi connectivity index (χ4v) is 2.14. The summed E-state index contributed by atoms with van der Waals surface area (Å²) in [5, 5.41) is 3.99. The molecular weight excluding hydrogens is 224 g/mol. The van der Waals surface area contributed by atoms with Crippen LogP contribution in [0.15, 0.2) is 48.8 Å². The van der Waals surface area contributed by atoms with Gasteiger partial charge < -0.3 is 0 Å². The molecule has 1 aromatic heterocycles. The molecule has 18 heavy (non-hydrogen) atoms. The molecule has 0 bridgehead atoms. The summed E-state index contributed by atoms with van der Waals surface area (Å²) in [4.78, 5) is 12.1. The van der Waals surface area contributed by atoms with Crippen molar-refractivity contribution in [1.29, 1.82) is 0 Å². The number of rotatable bonds is 4. The van der Waals surface area contributed by atoms with Gasteiger partial charge in [0, 0.05) is 18.8 Å². The van der Waals surface area contributed by atoms with Crippen molar-refractivity contribution in [1.82, 2.24) is 9.78 Å². The molecule has 3 heteroatoms. The molecule has 0 aliphatic rings. The van der Waals surface area contributed by atoms with Gasteiger partial charge in [-0.3, -0.25) is 4.79 Å². The fraction of sp³-hybridized carbons (Fsp3) is 0.333. The monoisotopic (exact) mass is 242 g/mol. The summed E-state index contributed by atoms with van der Waals surface area (Å²) in [6, 6.07) is 12.0. The molecule has 94 valence electrons. The average Bonchev–Trinajstić information content (AvgIpc) is 2.90. The number of carbonyl (C=O) groups is 1. The van der Waals surface area contributed by atoms with E-state index in [1.807, 2.05) is 18.2 Å². The topological polar surface area (TPSA) is 34.9 Å². The summed E-state index contributed by atoms with van der Waals surface area (Å²) in [6.45, 7) is 4.29. The predicted molar refractivity (Wildman–Crippen MR) is 71.5 cm³/mol. The van der Waals surface area contributed by atoms with E-state index in [4.69, 9.17) is 0 Å². The number of nitrogens with zero attached hydrogens (tertiary/aromatic N) is 2. The smallest absolute Gasteiger partial charge is 0.247 e. The van der Waals surface area contributed by atoms with Crippen molar-refractivity contribution in [3.8, 4) is 0 Å². The summed E-state index contributed by atoms with van der Waals surface area (Å²) in [5.74, 6) is 0.706. The number of hydrogen-bond acceptors (Lipinski definition) is 2. The van der Waals surface area contributed by atoms with Crippen LogP contribution in [0.5, 0.6) is 0 Å². The van der Waals surface area contributed by atoms with Crippen molar-refractivity contribution in [3.05, 3.63) is 54.4 Å².